The lowest BCUT2D eigenvalue weighted by Crippen LogP contribution is -2.14. The fourth-order valence-electron chi connectivity index (χ4n) is 2.75. The molecule has 0 bridgehead atoms. The Kier molecular flexibility index (Phi) is 5.05. The number of thiazole rings is 1. The molecule has 0 unspecified atom stereocenters. The number of halogens is 1. The van der Waals surface area contributed by atoms with Gasteiger partial charge in [-0.2, -0.15) is 4.98 Å². The van der Waals surface area contributed by atoms with E-state index in [0.717, 1.165) is 23.8 Å². The number of nitro benzene ring substituents is 1. The van der Waals surface area contributed by atoms with Crippen molar-refractivity contribution in [1.29, 1.82) is 0 Å². The molecule has 1 N–H and O–H groups in total. The monoisotopic (exact) mass is 465 g/mol. The Morgan fingerprint density at radius 3 is 2.77 bits per heavy atom. The summed E-state index contributed by atoms with van der Waals surface area (Å²) in [5.41, 5.74) is 0.920. The number of sulfonamides is 1. The van der Waals surface area contributed by atoms with E-state index >= 15 is 0 Å². The van der Waals surface area contributed by atoms with Crippen LogP contribution in [0.4, 0.5) is 11.6 Å². The van der Waals surface area contributed by atoms with Gasteiger partial charge in [0.2, 0.25) is 4.96 Å². The molecule has 0 aliphatic carbocycles. The van der Waals surface area contributed by atoms with Crippen molar-refractivity contribution in [1.82, 2.24) is 14.6 Å². The molecule has 2 aromatic heterocycles. The van der Waals surface area contributed by atoms with Crippen LogP contribution in [0.2, 0.25) is 5.02 Å². The van der Waals surface area contributed by atoms with Gasteiger partial charge in [0.1, 0.15) is 10.8 Å². The van der Waals surface area contributed by atoms with Crippen molar-refractivity contribution in [3.05, 3.63) is 63.0 Å². The summed E-state index contributed by atoms with van der Waals surface area (Å²) in [6.07, 6.45) is 0. The van der Waals surface area contributed by atoms with E-state index in [1.807, 2.05) is 23.6 Å². The second kappa shape index (κ2) is 7.55. The van der Waals surface area contributed by atoms with Crippen LogP contribution in [0.1, 0.15) is 0 Å². The third-order valence-corrected chi connectivity index (χ3v) is 6.58. The van der Waals surface area contributed by atoms with Gasteiger partial charge in [-0.1, -0.05) is 23.7 Å². The van der Waals surface area contributed by atoms with Crippen LogP contribution in [-0.2, 0) is 10.0 Å². The zero-order valence-corrected chi connectivity index (χ0v) is 17.5. The van der Waals surface area contributed by atoms with Gasteiger partial charge in [-0.25, -0.2) is 17.7 Å². The normalized spacial score (nSPS) is 11.5. The van der Waals surface area contributed by atoms with Crippen LogP contribution in [0, 0.1) is 10.1 Å². The second-order valence-corrected chi connectivity index (χ2v) is 8.85. The first-order valence-corrected chi connectivity index (χ1v) is 11.0. The number of nitrogens with one attached hydrogen (secondary N) is 1. The van der Waals surface area contributed by atoms with Crippen molar-refractivity contribution >= 4 is 49.6 Å². The molecule has 4 rings (SSSR count). The molecule has 0 atom stereocenters. The SMILES string of the molecule is COc1ccccc1-c1csc2nc(NS(=O)(=O)c3ccc(Cl)c([N+](=O)[O-])c3)nn12. The van der Waals surface area contributed by atoms with E-state index in [9.17, 15) is 18.5 Å². The summed E-state index contributed by atoms with van der Waals surface area (Å²) >= 11 is 7.02. The topological polar surface area (TPSA) is 129 Å². The van der Waals surface area contributed by atoms with E-state index in [1.54, 1.807) is 13.2 Å². The van der Waals surface area contributed by atoms with Gasteiger partial charge in [-0.3, -0.25) is 10.1 Å². The first-order chi connectivity index (χ1) is 14.3. The lowest BCUT2D eigenvalue weighted by Gasteiger charge is -2.06. The first-order valence-electron chi connectivity index (χ1n) is 8.24. The third-order valence-electron chi connectivity index (χ3n) is 4.11. The Labute approximate surface area is 178 Å². The number of methoxy groups -OCH3 is 1. The summed E-state index contributed by atoms with van der Waals surface area (Å²) in [6.45, 7) is 0. The zero-order chi connectivity index (χ0) is 21.5. The van der Waals surface area contributed by atoms with Crippen molar-refractivity contribution in [3.63, 3.8) is 0 Å². The lowest BCUT2D eigenvalue weighted by molar-refractivity contribution is -0.384. The lowest BCUT2D eigenvalue weighted by atomic mass is 10.1. The van der Waals surface area contributed by atoms with E-state index in [1.165, 1.54) is 15.9 Å². The fourth-order valence-corrected chi connectivity index (χ4v) is 4.71. The Hall–Kier alpha value is -3.22. The number of hydrogen-bond donors (Lipinski definition) is 1. The number of aromatic nitrogens is 3. The summed E-state index contributed by atoms with van der Waals surface area (Å²) < 4.78 is 34.4. The number of nitrogens with zero attached hydrogens (tertiary/aromatic N) is 4. The number of anilines is 1. The average Bonchev–Trinajstić information content (AvgIpc) is 3.27. The second-order valence-electron chi connectivity index (χ2n) is 5.93. The highest BCUT2D eigenvalue weighted by Crippen LogP contribution is 2.33. The van der Waals surface area contributed by atoms with E-state index < -0.39 is 20.6 Å². The van der Waals surface area contributed by atoms with Crippen LogP contribution < -0.4 is 9.46 Å². The molecule has 0 amide bonds. The maximum Gasteiger partial charge on any atom is 0.289 e. The minimum absolute atomic E-state index is 0.166. The molecule has 0 saturated carbocycles. The van der Waals surface area contributed by atoms with Crippen molar-refractivity contribution in [2.24, 2.45) is 0 Å². The number of hydrogen-bond acceptors (Lipinski definition) is 8. The quantitative estimate of drug-likeness (QED) is 0.338. The smallest absolute Gasteiger partial charge is 0.289 e. The molecular formula is C17H12ClN5O5S2. The van der Waals surface area contributed by atoms with Crippen LogP contribution >= 0.6 is 22.9 Å². The highest BCUT2D eigenvalue weighted by Gasteiger charge is 2.23. The summed E-state index contributed by atoms with van der Waals surface area (Å²) in [5, 5.41) is 16.9. The van der Waals surface area contributed by atoms with Crippen molar-refractivity contribution in [2.45, 2.75) is 4.90 Å². The minimum Gasteiger partial charge on any atom is -0.496 e. The standard InChI is InChI=1S/C17H12ClN5O5S2/c1-28-15-5-3-2-4-11(15)14-9-29-17-19-16(20-22(14)17)21-30(26,27)10-6-7-12(18)13(8-10)23(24)25/h2-9H,1H3,(H,20,21). The Morgan fingerprint density at radius 2 is 2.03 bits per heavy atom. The Balaban J connectivity index is 1.71. The number of nitro groups is 1. The molecule has 30 heavy (non-hydrogen) atoms. The molecule has 0 spiro atoms. The molecular weight excluding hydrogens is 454 g/mol. The number of para-hydroxylation sites is 1. The van der Waals surface area contributed by atoms with Gasteiger partial charge in [-0.15, -0.1) is 16.4 Å². The predicted molar refractivity (Wildman–Crippen MR) is 112 cm³/mol. The van der Waals surface area contributed by atoms with Crippen molar-refractivity contribution in [2.75, 3.05) is 11.8 Å². The van der Waals surface area contributed by atoms with E-state index in [2.05, 4.69) is 14.8 Å². The van der Waals surface area contributed by atoms with Crippen molar-refractivity contribution in [3.8, 4) is 17.0 Å². The molecule has 0 radical (unpaired) electrons. The maximum atomic E-state index is 12.7. The van der Waals surface area contributed by atoms with Crippen LogP contribution in [0.15, 0.2) is 52.7 Å². The Bertz CT molecular complexity index is 1380. The number of fused-ring (bicyclic) bond motifs is 1. The maximum absolute atomic E-state index is 12.7. The van der Waals surface area contributed by atoms with E-state index in [0.29, 0.717) is 16.4 Å². The number of rotatable bonds is 6. The zero-order valence-electron chi connectivity index (χ0n) is 15.1. The summed E-state index contributed by atoms with van der Waals surface area (Å²) in [4.78, 5) is 14.6. The molecule has 2 aromatic carbocycles. The van der Waals surface area contributed by atoms with Gasteiger partial charge in [0.15, 0.2) is 0 Å². The Morgan fingerprint density at radius 1 is 1.27 bits per heavy atom. The van der Waals surface area contributed by atoms with E-state index in [-0.39, 0.29) is 15.9 Å². The van der Waals surface area contributed by atoms with Crippen LogP contribution in [0.5, 0.6) is 5.75 Å². The van der Waals surface area contributed by atoms with Gasteiger partial charge in [-0.05, 0) is 24.3 Å². The summed E-state index contributed by atoms with van der Waals surface area (Å²) in [7, 11) is -2.62. The first kappa shape index (κ1) is 20.1. The van der Waals surface area contributed by atoms with Gasteiger partial charge < -0.3 is 4.74 Å². The highest BCUT2D eigenvalue weighted by atomic mass is 35.5. The summed E-state index contributed by atoms with van der Waals surface area (Å²) in [5.74, 6) is 0.457. The molecule has 0 aliphatic rings. The molecule has 2 heterocycles. The van der Waals surface area contributed by atoms with Gasteiger partial charge in [0, 0.05) is 17.0 Å². The number of benzene rings is 2. The molecule has 154 valence electrons. The molecule has 0 aliphatic heterocycles. The van der Waals surface area contributed by atoms with Gasteiger partial charge in [0.05, 0.1) is 22.6 Å². The summed E-state index contributed by atoms with van der Waals surface area (Å²) in [6, 6.07) is 10.5. The molecule has 0 fully saturated rings. The largest absolute Gasteiger partial charge is 0.496 e. The highest BCUT2D eigenvalue weighted by molar-refractivity contribution is 7.92. The van der Waals surface area contributed by atoms with Gasteiger partial charge >= 0.3 is 0 Å². The molecule has 13 heteroatoms. The van der Waals surface area contributed by atoms with Crippen LogP contribution in [-0.4, -0.2) is 35.0 Å². The van der Waals surface area contributed by atoms with Crippen LogP contribution in [0.3, 0.4) is 0 Å². The van der Waals surface area contributed by atoms with E-state index in [4.69, 9.17) is 16.3 Å². The minimum atomic E-state index is -4.17. The molecule has 4 aromatic rings. The fraction of sp³-hybridized carbons (Fsp3) is 0.0588. The van der Waals surface area contributed by atoms with Crippen LogP contribution in [0.25, 0.3) is 16.2 Å². The predicted octanol–water partition coefficient (Wildman–Crippen LogP) is 3.83. The average molecular weight is 466 g/mol. The molecule has 0 saturated heterocycles. The third kappa shape index (κ3) is 3.56. The molecule has 10 nitrogen and oxygen atoms in total. The van der Waals surface area contributed by atoms with Crippen molar-refractivity contribution < 1.29 is 18.1 Å². The number of ether oxygens (including phenoxy) is 1. The van der Waals surface area contributed by atoms with Gasteiger partial charge in [0.25, 0.3) is 21.7 Å².